The number of nitrogens with one attached hydrogen (secondary N) is 2. The maximum absolute atomic E-state index is 13.6. The number of hydrogen-bond donors (Lipinski definition) is 2. The van der Waals surface area contributed by atoms with Gasteiger partial charge in [-0.05, 0) is 30.4 Å². The van der Waals surface area contributed by atoms with Crippen molar-refractivity contribution in [3.05, 3.63) is 83.5 Å². The first-order chi connectivity index (χ1) is 11.8. The summed E-state index contributed by atoms with van der Waals surface area (Å²) < 4.78 is 19.4. The molecule has 5 heteroatoms. The van der Waals surface area contributed by atoms with Crippen molar-refractivity contribution < 1.29 is 9.13 Å². The maximum Gasteiger partial charge on any atom is 0.189 e. The number of pyridine rings is 1. The van der Waals surface area contributed by atoms with Crippen LogP contribution in [0.5, 0.6) is 0 Å². The van der Waals surface area contributed by atoms with Gasteiger partial charge in [-0.1, -0.05) is 18.2 Å². The number of halogens is 1. The van der Waals surface area contributed by atoms with Gasteiger partial charge in [0.15, 0.2) is 5.88 Å². The van der Waals surface area contributed by atoms with Crippen LogP contribution in [0.4, 0.5) is 4.39 Å². The van der Waals surface area contributed by atoms with E-state index in [-0.39, 0.29) is 5.82 Å². The molecule has 4 rings (SSSR count). The second kappa shape index (κ2) is 6.20. The Balaban J connectivity index is 1.43. The van der Waals surface area contributed by atoms with Crippen molar-refractivity contribution in [1.29, 1.82) is 0 Å². The quantitative estimate of drug-likeness (QED) is 0.761. The number of aromatic nitrogens is 2. The Morgan fingerprint density at radius 1 is 1.25 bits per heavy atom. The van der Waals surface area contributed by atoms with Gasteiger partial charge in [0.25, 0.3) is 0 Å². The molecular formula is C19H16FN3O. The zero-order chi connectivity index (χ0) is 16.4. The molecular weight excluding hydrogens is 305 g/mol. The lowest BCUT2D eigenvalue weighted by Crippen LogP contribution is -2.13. The first-order valence-electron chi connectivity index (χ1n) is 7.77. The minimum absolute atomic E-state index is 0.217. The lowest BCUT2D eigenvalue weighted by Gasteiger charge is -2.09. The molecule has 0 amide bonds. The Bertz CT molecular complexity index is 942. The average Bonchev–Trinajstić information content (AvgIpc) is 3.22. The number of ether oxygens (including phenoxy) is 1. The molecule has 0 saturated heterocycles. The minimum atomic E-state index is -0.217. The fourth-order valence-electron chi connectivity index (χ4n) is 2.71. The number of fused-ring (bicyclic) bond motifs is 1. The normalized spacial score (nSPS) is 15.5. The molecule has 1 aliphatic heterocycles. The minimum Gasteiger partial charge on any atom is -0.446 e. The van der Waals surface area contributed by atoms with E-state index in [0.717, 1.165) is 22.4 Å². The van der Waals surface area contributed by atoms with Crippen LogP contribution in [0.25, 0.3) is 17.1 Å². The maximum atomic E-state index is 13.6. The number of allylic oxidation sites excluding steroid dienone is 1. The van der Waals surface area contributed by atoms with Crippen LogP contribution in [0, 0.1) is 5.82 Å². The number of H-pyrrole nitrogens is 1. The molecule has 0 fully saturated rings. The number of rotatable bonds is 4. The van der Waals surface area contributed by atoms with Crippen LogP contribution >= 0.6 is 0 Å². The SMILES string of the molecule is Fc1ccccc1CNC1=CCC(=Cc2c[nH]c3ncccc23)O1. The van der Waals surface area contributed by atoms with Gasteiger partial charge >= 0.3 is 0 Å². The van der Waals surface area contributed by atoms with Gasteiger partial charge in [-0.15, -0.1) is 0 Å². The first kappa shape index (κ1) is 14.5. The summed E-state index contributed by atoms with van der Waals surface area (Å²) in [6, 6.07) is 10.6. The van der Waals surface area contributed by atoms with Crippen molar-refractivity contribution >= 4 is 17.1 Å². The molecule has 120 valence electrons. The Kier molecular flexibility index (Phi) is 3.75. The summed E-state index contributed by atoms with van der Waals surface area (Å²) in [7, 11) is 0. The van der Waals surface area contributed by atoms with E-state index in [1.807, 2.05) is 36.5 Å². The van der Waals surface area contributed by atoms with Crippen LogP contribution in [0.2, 0.25) is 0 Å². The highest BCUT2D eigenvalue weighted by Gasteiger charge is 2.13. The van der Waals surface area contributed by atoms with Gasteiger partial charge < -0.3 is 15.0 Å². The molecule has 4 nitrogen and oxygen atoms in total. The van der Waals surface area contributed by atoms with E-state index in [1.165, 1.54) is 6.07 Å². The highest BCUT2D eigenvalue weighted by atomic mass is 19.1. The summed E-state index contributed by atoms with van der Waals surface area (Å²) in [5, 5.41) is 4.18. The molecule has 1 aromatic carbocycles. The van der Waals surface area contributed by atoms with Crippen LogP contribution in [0.3, 0.4) is 0 Å². The second-order valence-electron chi connectivity index (χ2n) is 5.57. The molecule has 2 N–H and O–H groups in total. The largest absolute Gasteiger partial charge is 0.446 e. The molecule has 2 aromatic heterocycles. The molecule has 0 bridgehead atoms. The van der Waals surface area contributed by atoms with Gasteiger partial charge in [0.2, 0.25) is 0 Å². The Morgan fingerprint density at radius 3 is 3.08 bits per heavy atom. The zero-order valence-electron chi connectivity index (χ0n) is 12.9. The van der Waals surface area contributed by atoms with E-state index in [9.17, 15) is 4.39 Å². The van der Waals surface area contributed by atoms with Crippen molar-refractivity contribution in [1.82, 2.24) is 15.3 Å². The van der Waals surface area contributed by atoms with Gasteiger partial charge in [-0.2, -0.15) is 0 Å². The molecule has 0 saturated carbocycles. The van der Waals surface area contributed by atoms with E-state index in [1.54, 1.807) is 18.3 Å². The lowest BCUT2D eigenvalue weighted by molar-refractivity contribution is 0.294. The van der Waals surface area contributed by atoms with Crippen molar-refractivity contribution in [2.45, 2.75) is 13.0 Å². The smallest absolute Gasteiger partial charge is 0.189 e. The van der Waals surface area contributed by atoms with Crippen molar-refractivity contribution in [3.8, 4) is 0 Å². The molecule has 0 spiro atoms. The number of nitrogens with zero attached hydrogens (tertiary/aromatic N) is 1. The van der Waals surface area contributed by atoms with Crippen LogP contribution in [-0.2, 0) is 11.3 Å². The molecule has 0 atom stereocenters. The molecule has 3 heterocycles. The molecule has 0 unspecified atom stereocenters. The Labute approximate surface area is 138 Å². The van der Waals surface area contributed by atoms with Crippen LogP contribution in [0.1, 0.15) is 17.5 Å². The van der Waals surface area contributed by atoms with Gasteiger partial charge in [0.05, 0.1) is 0 Å². The number of aromatic amines is 1. The topological polar surface area (TPSA) is 49.9 Å². The molecule has 24 heavy (non-hydrogen) atoms. The van der Waals surface area contributed by atoms with E-state index in [0.29, 0.717) is 24.4 Å². The summed E-state index contributed by atoms with van der Waals surface area (Å²) in [5.74, 6) is 1.28. The molecule has 1 aliphatic rings. The third kappa shape index (κ3) is 2.88. The van der Waals surface area contributed by atoms with Crippen LogP contribution in [-0.4, -0.2) is 9.97 Å². The Morgan fingerprint density at radius 2 is 2.17 bits per heavy atom. The summed E-state index contributed by atoms with van der Waals surface area (Å²) >= 11 is 0. The number of benzene rings is 1. The number of hydrogen-bond acceptors (Lipinski definition) is 3. The average molecular weight is 321 g/mol. The van der Waals surface area contributed by atoms with Gasteiger partial charge in [0.1, 0.15) is 17.2 Å². The lowest BCUT2D eigenvalue weighted by atomic mass is 10.2. The highest BCUT2D eigenvalue weighted by Crippen LogP contribution is 2.25. The summed E-state index contributed by atoms with van der Waals surface area (Å²) in [5.41, 5.74) is 2.51. The van der Waals surface area contributed by atoms with E-state index in [4.69, 9.17) is 4.74 Å². The van der Waals surface area contributed by atoms with Gasteiger partial charge in [-0.3, -0.25) is 0 Å². The predicted molar refractivity (Wildman–Crippen MR) is 91.1 cm³/mol. The monoisotopic (exact) mass is 321 g/mol. The standard InChI is InChI=1S/C19H16FN3O/c20-17-6-2-1-4-13(17)11-22-18-8-7-15(24-18)10-14-12-23-19-16(14)5-3-9-21-19/h1-6,8-10,12,22H,7,11H2,(H,21,23). The van der Waals surface area contributed by atoms with Crippen LogP contribution in [0.15, 0.2) is 66.5 Å². The fraction of sp³-hybridized carbons (Fsp3) is 0.105. The van der Waals surface area contributed by atoms with Crippen LogP contribution < -0.4 is 5.32 Å². The fourth-order valence-corrected chi connectivity index (χ4v) is 2.71. The van der Waals surface area contributed by atoms with Crippen molar-refractivity contribution in [2.75, 3.05) is 0 Å². The third-order valence-corrected chi connectivity index (χ3v) is 3.94. The summed E-state index contributed by atoms with van der Waals surface area (Å²) in [4.78, 5) is 7.42. The molecule has 3 aromatic rings. The second-order valence-corrected chi connectivity index (χ2v) is 5.57. The van der Waals surface area contributed by atoms with Gasteiger partial charge in [0, 0.05) is 41.9 Å². The molecule has 0 aliphatic carbocycles. The van der Waals surface area contributed by atoms with Crippen molar-refractivity contribution in [3.63, 3.8) is 0 Å². The van der Waals surface area contributed by atoms with E-state index >= 15 is 0 Å². The third-order valence-electron chi connectivity index (χ3n) is 3.94. The predicted octanol–water partition coefficient (Wildman–Crippen LogP) is 4.09. The van der Waals surface area contributed by atoms with Crippen molar-refractivity contribution in [2.24, 2.45) is 0 Å². The zero-order valence-corrected chi connectivity index (χ0v) is 12.9. The Hall–Kier alpha value is -3.08. The summed E-state index contributed by atoms with van der Waals surface area (Å²) in [6.45, 7) is 0.392. The van der Waals surface area contributed by atoms with Gasteiger partial charge in [-0.25, -0.2) is 9.37 Å². The van der Waals surface area contributed by atoms with E-state index < -0.39 is 0 Å². The molecule has 0 radical (unpaired) electrons. The highest BCUT2D eigenvalue weighted by molar-refractivity contribution is 5.86. The first-order valence-corrected chi connectivity index (χ1v) is 7.77. The summed E-state index contributed by atoms with van der Waals surface area (Å²) in [6.07, 6.45) is 8.33. The van der Waals surface area contributed by atoms with E-state index in [2.05, 4.69) is 15.3 Å².